The number of rotatable bonds is 6. The molecular weight excluding hydrogens is 393 g/mol. The second-order valence-electron chi connectivity index (χ2n) is 7.07. The number of aromatic nitrogens is 2. The number of carbonyl (C=O) groups is 1. The van der Waals surface area contributed by atoms with Crippen molar-refractivity contribution in [1.82, 2.24) is 9.78 Å². The number of nitrogens with zero attached hydrogens (tertiary/aromatic N) is 2. The molecule has 2 aromatic carbocycles. The number of hydrogen-bond donors (Lipinski definition) is 1. The summed E-state index contributed by atoms with van der Waals surface area (Å²) in [6.07, 6.45) is -0.793. The molecule has 0 unspecified atom stereocenters. The number of carboxylic acid groups (broad SMARTS) is 1. The molecule has 3 rings (SSSR count). The van der Waals surface area contributed by atoms with E-state index in [2.05, 4.69) is 5.10 Å². The van der Waals surface area contributed by atoms with Crippen molar-refractivity contribution >= 4 is 18.1 Å². The molecule has 0 aliphatic rings. The molecule has 0 saturated heterocycles. The highest BCUT2D eigenvalue weighted by Gasteiger charge is 2.29. The van der Waals surface area contributed by atoms with E-state index in [1.807, 2.05) is 37.3 Å². The van der Waals surface area contributed by atoms with Crippen molar-refractivity contribution in [3.8, 4) is 0 Å². The molecule has 0 fully saturated rings. The van der Waals surface area contributed by atoms with Crippen LogP contribution in [-0.4, -0.2) is 20.9 Å². The van der Waals surface area contributed by atoms with Crippen LogP contribution in [0.5, 0.6) is 0 Å². The van der Waals surface area contributed by atoms with Gasteiger partial charge in [0.1, 0.15) is 0 Å². The summed E-state index contributed by atoms with van der Waals surface area (Å²) in [7, 11) is 0. The van der Waals surface area contributed by atoms with Crippen molar-refractivity contribution in [3.63, 3.8) is 0 Å². The molecule has 1 N–H and O–H groups in total. The second kappa shape index (κ2) is 8.57. The third-order valence-corrected chi connectivity index (χ3v) is 4.88. The van der Waals surface area contributed by atoms with Gasteiger partial charge in [0.25, 0.3) is 0 Å². The van der Waals surface area contributed by atoms with E-state index >= 15 is 0 Å². The lowest BCUT2D eigenvalue weighted by atomic mass is 10.1. The van der Waals surface area contributed by atoms with Crippen LogP contribution in [-0.2, 0) is 23.9 Å². The molecule has 0 aliphatic heterocycles. The van der Waals surface area contributed by atoms with Crippen LogP contribution in [0.15, 0.2) is 48.5 Å². The molecule has 0 aliphatic carbocycles. The van der Waals surface area contributed by atoms with E-state index in [1.54, 1.807) is 17.7 Å². The molecule has 1 aromatic heterocycles. The van der Waals surface area contributed by atoms with E-state index in [1.165, 1.54) is 12.1 Å². The minimum Gasteiger partial charge on any atom is -0.481 e. The Morgan fingerprint density at radius 1 is 1.00 bits per heavy atom. The van der Waals surface area contributed by atoms with Gasteiger partial charge in [-0.25, -0.2) is 0 Å². The first-order chi connectivity index (χ1) is 14.1. The summed E-state index contributed by atoms with van der Waals surface area (Å²) in [5.74, 6) is -0.884. The molecule has 7 heteroatoms. The molecule has 0 spiro atoms. The summed E-state index contributed by atoms with van der Waals surface area (Å²) < 4.78 is 39.6. The van der Waals surface area contributed by atoms with Crippen molar-refractivity contribution in [2.45, 2.75) is 33.0 Å². The van der Waals surface area contributed by atoms with Gasteiger partial charge in [-0.1, -0.05) is 48.6 Å². The van der Waals surface area contributed by atoms with E-state index in [9.17, 15) is 18.0 Å². The Balaban J connectivity index is 1.68. The Morgan fingerprint density at radius 2 is 1.53 bits per heavy atom. The fourth-order valence-corrected chi connectivity index (χ4v) is 3.18. The van der Waals surface area contributed by atoms with E-state index in [-0.39, 0.29) is 6.42 Å². The highest BCUT2D eigenvalue weighted by atomic mass is 19.4. The third-order valence-electron chi connectivity index (χ3n) is 4.88. The van der Waals surface area contributed by atoms with Gasteiger partial charge >= 0.3 is 12.1 Å². The van der Waals surface area contributed by atoms with Crippen LogP contribution in [0, 0.1) is 13.8 Å². The first-order valence-corrected chi connectivity index (χ1v) is 9.32. The zero-order valence-corrected chi connectivity index (χ0v) is 16.6. The quantitative estimate of drug-likeness (QED) is 0.552. The van der Waals surface area contributed by atoms with Crippen molar-refractivity contribution in [3.05, 3.63) is 87.7 Å². The Labute approximate surface area is 172 Å². The lowest BCUT2D eigenvalue weighted by molar-refractivity contribution is -0.138. The molecule has 0 radical (unpaired) electrons. The summed E-state index contributed by atoms with van der Waals surface area (Å²) in [5.41, 5.74) is 4.22. The number of benzene rings is 2. The Morgan fingerprint density at radius 3 is 2.03 bits per heavy atom. The first-order valence-electron chi connectivity index (χ1n) is 9.32. The number of aliphatic carboxylic acids is 1. The SMILES string of the molecule is Cc1nn(Cc2ccc(C=Cc3ccc(C(F)(F)F)cc3)cc2)c(C)c1CC(=O)O. The molecule has 0 amide bonds. The molecule has 30 heavy (non-hydrogen) atoms. The first kappa shape index (κ1) is 21.4. The van der Waals surface area contributed by atoms with E-state index in [4.69, 9.17) is 5.11 Å². The zero-order chi connectivity index (χ0) is 21.9. The predicted molar refractivity (Wildman–Crippen MR) is 109 cm³/mol. The summed E-state index contributed by atoms with van der Waals surface area (Å²) in [4.78, 5) is 11.0. The van der Waals surface area contributed by atoms with Gasteiger partial charge in [0.2, 0.25) is 0 Å². The van der Waals surface area contributed by atoms with E-state index < -0.39 is 17.7 Å². The molecule has 156 valence electrons. The van der Waals surface area contributed by atoms with Crippen LogP contribution in [0.25, 0.3) is 12.2 Å². The van der Waals surface area contributed by atoms with Gasteiger partial charge in [0, 0.05) is 11.3 Å². The molecule has 0 saturated carbocycles. The van der Waals surface area contributed by atoms with Gasteiger partial charge in [-0.15, -0.1) is 0 Å². The van der Waals surface area contributed by atoms with Crippen LogP contribution in [0.4, 0.5) is 13.2 Å². The standard InChI is InChI=1S/C23H21F3N2O2/c1-15-21(13-22(29)30)16(2)28(27-15)14-19-7-5-17(6-8-19)3-4-18-9-11-20(12-10-18)23(24,25)26/h3-12H,13-14H2,1-2H3,(H,29,30). The van der Waals surface area contributed by atoms with Crippen LogP contribution < -0.4 is 0 Å². The highest BCUT2D eigenvalue weighted by molar-refractivity contribution is 5.71. The summed E-state index contributed by atoms with van der Waals surface area (Å²) >= 11 is 0. The minimum atomic E-state index is -4.34. The molecule has 3 aromatic rings. The van der Waals surface area contributed by atoms with Crippen LogP contribution in [0.3, 0.4) is 0 Å². The van der Waals surface area contributed by atoms with Crippen LogP contribution >= 0.6 is 0 Å². The highest BCUT2D eigenvalue weighted by Crippen LogP contribution is 2.29. The fourth-order valence-electron chi connectivity index (χ4n) is 3.18. The zero-order valence-electron chi connectivity index (χ0n) is 16.6. The van der Waals surface area contributed by atoms with E-state index in [0.717, 1.165) is 34.5 Å². The monoisotopic (exact) mass is 414 g/mol. The smallest absolute Gasteiger partial charge is 0.416 e. The van der Waals surface area contributed by atoms with Crippen molar-refractivity contribution < 1.29 is 23.1 Å². The summed E-state index contributed by atoms with van der Waals surface area (Å²) in [5, 5.41) is 13.5. The van der Waals surface area contributed by atoms with Crippen LogP contribution in [0.2, 0.25) is 0 Å². The fraction of sp³-hybridized carbons (Fsp3) is 0.217. The average molecular weight is 414 g/mol. The number of alkyl halides is 3. The van der Waals surface area contributed by atoms with Crippen molar-refractivity contribution in [2.24, 2.45) is 0 Å². The normalized spacial score (nSPS) is 11.9. The van der Waals surface area contributed by atoms with Gasteiger partial charge < -0.3 is 5.11 Å². The maximum atomic E-state index is 12.6. The largest absolute Gasteiger partial charge is 0.481 e. The third kappa shape index (κ3) is 5.17. The van der Waals surface area contributed by atoms with Gasteiger partial charge in [0.15, 0.2) is 0 Å². The maximum absolute atomic E-state index is 12.6. The second-order valence-corrected chi connectivity index (χ2v) is 7.07. The lowest BCUT2D eigenvalue weighted by Crippen LogP contribution is -2.06. The summed E-state index contributed by atoms with van der Waals surface area (Å²) in [6.45, 7) is 4.19. The summed E-state index contributed by atoms with van der Waals surface area (Å²) in [6, 6.07) is 12.7. The molecule has 0 atom stereocenters. The number of hydrogen-bond acceptors (Lipinski definition) is 2. The molecule has 0 bridgehead atoms. The van der Waals surface area contributed by atoms with Gasteiger partial charge in [0.05, 0.1) is 24.2 Å². The van der Waals surface area contributed by atoms with Crippen LogP contribution in [0.1, 0.15) is 39.2 Å². The molecule has 4 nitrogen and oxygen atoms in total. The van der Waals surface area contributed by atoms with Gasteiger partial charge in [-0.3, -0.25) is 9.48 Å². The topological polar surface area (TPSA) is 55.1 Å². The Bertz CT molecular complexity index is 1060. The Kier molecular flexibility index (Phi) is 6.10. The predicted octanol–water partition coefficient (Wildman–Crippen LogP) is 5.36. The average Bonchev–Trinajstić information content (AvgIpc) is 2.94. The maximum Gasteiger partial charge on any atom is 0.416 e. The number of halogens is 3. The molecular formula is C23H21F3N2O2. The van der Waals surface area contributed by atoms with Gasteiger partial charge in [-0.05, 0) is 42.7 Å². The number of aryl methyl sites for hydroxylation is 1. The minimum absolute atomic E-state index is 0.0502. The van der Waals surface area contributed by atoms with Crippen molar-refractivity contribution in [1.29, 1.82) is 0 Å². The lowest BCUT2D eigenvalue weighted by Gasteiger charge is -2.06. The van der Waals surface area contributed by atoms with Crippen molar-refractivity contribution in [2.75, 3.05) is 0 Å². The Hall–Kier alpha value is -3.35. The number of carboxylic acids is 1. The van der Waals surface area contributed by atoms with E-state index in [0.29, 0.717) is 17.8 Å². The molecule has 1 heterocycles. The van der Waals surface area contributed by atoms with Gasteiger partial charge in [-0.2, -0.15) is 18.3 Å².